The first-order valence-electron chi connectivity index (χ1n) is 3.59. The molecule has 0 unspecified atom stereocenters. The van der Waals surface area contributed by atoms with E-state index in [1.54, 1.807) is 13.8 Å². The number of amides is 1. The minimum atomic E-state index is -3.92. The van der Waals surface area contributed by atoms with E-state index in [-0.39, 0.29) is 35.3 Å². The maximum atomic E-state index is 9.82. The zero-order valence-electron chi connectivity index (χ0n) is 8.74. The second kappa shape index (κ2) is 9.67. The monoisotopic (exact) mass is 231 g/mol. The summed E-state index contributed by atoms with van der Waals surface area (Å²) in [4.78, 5) is 9.82. The first kappa shape index (κ1) is 19.7. The Kier molecular flexibility index (Phi) is 13.6. The first-order valence-corrected chi connectivity index (χ1v) is 5.17. The normalized spacial score (nSPS) is 9.07. The van der Waals surface area contributed by atoms with Crippen LogP contribution >= 0.6 is 0 Å². The average molecular weight is 231 g/mol. The van der Waals surface area contributed by atoms with Gasteiger partial charge >= 0.3 is 29.6 Å². The Morgan fingerprint density at radius 3 is 1.79 bits per heavy atom. The average Bonchev–Trinajstić information content (AvgIpc) is 1.85. The molecule has 5 nitrogen and oxygen atoms in total. The smallest absolute Gasteiger partial charge is 0.748 e. The van der Waals surface area contributed by atoms with Crippen molar-refractivity contribution in [3.63, 3.8) is 0 Å². The topological polar surface area (TPSA) is 100 Å². The van der Waals surface area contributed by atoms with Crippen LogP contribution in [0, 0.1) is 0 Å². The van der Waals surface area contributed by atoms with E-state index in [1.165, 1.54) is 0 Å². The summed E-state index contributed by atoms with van der Waals surface area (Å²) in [5, 5.41) is 0. The second-order valence-electron chi connectivity index (χ2n) is 2.41. The fraction of sp³-hybridized carbons (Fsp3) is 0.571. The molecule has 0 aliphatic heterocycles. The summed E-state index contributed by atoms with van der Waals surface area (Å²) in [6.45, 7) is 6.50. The molecule has 14 heavy (non-hydrogen) atoms. The predicted octanol–water partition coefficient (Wildman–Crippen LogP) is -3.01. The predicted molar refractivity (Wildman–Crippen MR) is 48.9 cm³/mol. The third-order valence-corrected chi connectivity index (χ3v) is 1.78. The molecule has 0 aliphatic carbocycles. The van der Waals surface area contributed by atoms with Crippen LogP contribution in [0.3, 0.4) is 0 Å². The standard InChI is InChI=1S/C4H7NO.C3H8O3S.Na/c1-3(2)4(5)6;1-2-3-7(4,5)6;/h1H2,2H3,(H2,5,6);2-3H2,1H3,(H,4,5,6);/q;;+1/p-1. The number of nitrogens with two attached hydrogens (primary N) is 1. The quantitative estimate of drug-likeness (QED) is 0.317. The molecule has 1 amide bonds. The number of hydrogen-bond donors (Lipinski definition) is 1. The van der Waals surface area contributed by atoms with Gasteiger partial charge in [-0.1, -0.05) is 13.5 Å². The van der Waals surface area contributed by atoms with Gasteiger partial charge in [-0.3, -0.25) is 4.79 Å². The van der Waals surface area contributed by atoms with Gasteiger partial charge in [-0.05, 0) is 13.3 Å². The molecule has 0 bridgehead atoms. The molecule has 0 fully saturated rings. The van der Waals surface area contributed by atoms with Crippen molar-refractivity contribution in [2.75, 3.05) is 5.75 Å². The van der Waals surface area contributed by atoms with E-state index in [0.717, 1.165) is 0 Å². The molecule has 0 saturated carbocycles. The molecule has 0 aromatic rings. The van der Waals surface area contributed by atoms with Crippen LogP contribution < -0.4 is 35.3 Å². The second-order valence-corrected chi connectivity index (χ2v) is 3.93. The molecule has 0 heterocycles. The summed E-state index contributed by atoms with van der Waals surface area (Å²) < 4.78 is 29.0. The van der Waals surface area contributed by atoms with Crippen LogP contribution in [0.2, 0.25) is 0 Å². The molecule has 0 aromatic heterocycles. The number of carbonyl (C=O) groups excluding carboxylic acids is 1. The van der Waals surface area contributed by atoms with E-state index in [1.807, 2.05) is 0 Å². The van der Waals surface area contributed by atoms with Crippen molar-refractivity contribution in [1.82, 2.24) is 0 Å². The van der Waals surface area contributed by atoms with E-state index in [2.05, 4.69) is 6.58 Å². The Balaban J connectivity index is -0.000000163. The van der Waals surface area contributed by atoms with Gasteiger partial charge in [-0.2, -0.15) is 0 Å². The van der Waals surface area contributed by atoms with Crippen molar-refractivity contribution in [1.29, 1.82) is 0 Å². The van der Waals surface area contributed by atoms with Gasteiger partial charge in [0, 0.05) is 11.3 Å². The van der Waals surface area contributed by atoms with Crippen molar-refractivity contribution in [3.05, 3.63) is 12.2 Å². The van der Waals surface area contributed by atoms with Gasteiger partial charge in [0.1, 0.15) is 0 Å². The largest absolute Gasteiger partial charge is 1.00 e. The molecule has 0 spiro atoms. The molecule has 0 saturated heterocycles. The SMILES string of the molecule is C=C(C)C(N)=O.CCCS(=O)(=O)[O-].[Na+]. The fourth-order valence-corrected chi connectivity index (χ4v) is 0.750. The van der Waals surface area contributed by atoms with Crippen molar-refractivity contribution >= 4 is 16.0 Å². The third-order valence-electron chi connectivity index (χ3n) is 0.875. The van der Waals surface area contributed by atoms with E-state index >= 15 is 0 Å². The van der Waals surface area contributed by atoms with E-state index in [9.17, 15) is 17.8 Å². The van der Waals surface area contributed by atoms with Crippen LogP contribution in [0.25, 0.3) is 0 Å². The van der Waals surface area contributed by atoms with Crippen LogP contribution in [0.5, 0.6) is 0 Å². The minimum absolute atomic E-state index is 0. The molecule has 78 valence electrons. The molecule has 0 atom stereocenters. The van der Waals surface area contributed by atoms with Crippen LogP contribution in [0.1, 0.15) is 20.3 Å². The number of rotatable bonds is 3. The first-order chi connectivity index (χ1) is 5.70. The van der Waals surface area contributed by atoms with Crippen LogP contribution in [-0.4, -0.2) is 24.6 Å². The summed E-state index contributed by atoms with van der Waals surface area (Å²) in [6, 6.07) is 0. The summed E-state index contributed by atoms with van der Waals surface area (Å²) in [5.41, 5.74) is 5.09. The van der Waals surface area contributed by atoms with E-state index in [4.69, 9.17) is 5.73 Å². The van der Waals surface area contributed by atoms with Crippen molar-refractivity contribution < 1.29 is 47.3 Å². The minimum Gasteiger partial charge on any atom is -0.748 e. The molecular weight excluding hydrogens is 217 g/mol. The van der Waals surface area contributed by atoms with Crippen molar-refractivity contribution in [2.45, 2.75) is 20.3 Å². The number of carbonyl (C=O) groups is 1. The molecular formula is C7H14NNaO4S. The van der Waals surface area contributed by atoms with E-state index < -0.39 is 16.0 Å². The maximum Gasteiger partial charge on any atom is 1.00 e. The summed E-state index contributed by atoms with van der Waals surface area (Å²) >= 11 is 0. The van der Waals surface area contributed by atoms with Gasteiger partial charge in [-0.25, -0.2) is 8.42 Å². The Labute approximate surface area is 107 Å². The van der Waals surface area contributed by atoms with Crippen LogP contribution in [0.15, 0.2) is 12.2 Å². The Morgan fingerprint density at radius 2 is 1.79 bits per heavy atom. The van der Waals surface area contributed by atoms with Gasteiger partial charge in [0.05, 0.1) is 10.1 Å². The maximum absolute atomic E-state index is 9.82. The van der Waals surface area contributed by atoms with Crippen LogP contribution in [-0.2, 0) is 14.9 Å². The third kappa shape index (κ3) is 22.7. The van der Waals surface area contributed by atoms with Crippen molar-refractivity contribution in [3.8, 4) is 0 Å². The van der Waals surface area contributed by atoms with Gasteiger partial charge in [-0.15, -0.1) is 0 Å². The summed E-state index contributed by atoms with van der Waals surface area (Å²) in [6.07, 6.45) is 0.409. The Bertz CT molecular complexity index is 261. The van der Waals surface area contributed by atoms with E-state index in [0.29, 0.717) is 12.0 Å². The molecule has 0 rings (SSSR count). The fourth-order valence-electron chi connectivity index (χ4n) is 0.250. The van der Waals surface area contributed by atoms with Crippen molar-refractivity contribution in [2.24, 2.45) is 5.73 Å². The number of primary amides is 1. The van der Waals surface area contributed by atoms with Gasteiger partial charge < -0.3 is 10.3 Å². The number of hydrogen-bond acceptors (Lipinski definition) is 4. The summed E-state index contributed by atoms with van der Waals surface area (Å²) in [7, 11) is -3.92. The van der Waals surface area contributed by atoms with Crippen LogP contribution in [0.4, 0.5) is 0 Å². The van der Waals surface area contributed by atoms with Gasteiger partial charge in [0.25, 0.3) is 0 Å². The zero-order valence-corrected chi connectivity index (χ0v) is 11.6. The van der Waals surface area contributed by atoms with Gasteiger partial charge in [0.2, 0.25) is 5.91 Å². The zero-order chi connectivity index (χ0) is 11.1. The molecule has 2 N–H and O–H groups in total. The Morgan fingerprint density at radius 1 is 1.50 bits per heavy atom. The molecule has 0 radical (unpaired) electrons. The van der Waals surface area contributed by atoms with Gasteiger partial charge in [0.15, 0.2) is 0 Å². The Hall–Kier alpha value is 0.120. The molecule has 0 aliphatic rings. The summed E-state index contributed by atoms with van der Waals surface area (Å²) in [5.74, 6) is -0.678. The molecule has 7 heteroatoms. The molecule has 0 aromatic carbocycles.